The Labute approximate surface area is 173 Å². The Bertz CT molecular complexity index is 1430. The van der Waals surface area contributed by atoms with E-state index >= 15 is 0 Å². The lowest BCUT2D eigenvalue weighted by Gasteiger charge is -2.33. The van der Waals surface area contributed by atoms with Crippen LogP contribution in [0.15, 0.2) is 41.2 Å². The monoisotopic (exact) mass is 427 g/mol. The molecular formula is C22H16F3N3O3. The van der Waals surface area contributed by atoms with Crippen molar-refractivity contribution in [3.63, 3.8) is 0 Å². The summed E-state index contributed by atoms with van der Waals surface area (Å²) in [6, 6.07) is 7.05. The summed E-state index contributed by atoms with van der Waals surface area (Å²) in [6.07, 6.45) is 0. The molecule has 0 aliphatic carbocycles. The van der Waals surface area contributed by atoms with Crippen LogP contribution in [0.25, 0.3) is 21.7 Å². The fourth-order valence-electron chi connectivity index (χ4n) is 4.11. The van der Waals surface area contributed by atoms with Crippen molar-refractivity contribution in [3.05, 3.63) is 81.2 Å². The number of aromatic amines is 2. The zero-order valence-electron chi connectivity index (χ0n) is 16.3. The first-order chi connectivity index (χ1) is 14.8. The van der Waals surface area contributed by atoms with Gasteiger partial charge in [0, 0.05) is 29.2 Å². The van der Waals surface area contributed by atoms with Crippen LogP contribution < -0.4 is 5.56 Å². The van der Waals surface area contributed by atoms with Gasteiger partial charge in [0.15, 0.2) is 11.6 Å². The number of halogens is 3. The Balaban J connectivity index is 1.62. The first-order valence-electron chi connectivity index (χ1n) is 9.51. The molecule has 2 aromatic heterocycles. The van der Waals surface area contributed by atoms with Crippen molar-refractivity contribution in [2.45, 2.75) is 12.6 Å². The number of carbonyl (C=O) groups excluding carboxylic acids is 1. The van der Waals surface area contributed by atoms with Gasteiger partial charge in [0.2, 0.25) is 0 Å². The highest BCUT2D eigenvalue weighted by molar-refractivity contribution is 5.98. The number of fused-ring (bicyclic) bond motifs is 4. The molecule has 0 fully saturated rings. The van der Waals surface area contributed by atoms with Crippen LogP contribution in [0.1, 0.15) is 27.8 Å². The lowest BCUT2D eigenvalue weighted by molar-refractivity contribution is 0.0333. The van der Waals surface area contributed by atoms with Gasteiger partial charge in [-0.2, -0.15) is 0 Å². The van der Waals surface area contributed by atoms with E-state index in [1.54, 1.807) is 6.07 Å². The zero-order chi connectivity index (χ0) is 21.9. The van der Waals surface area contributed by atoms with Gasteiger partial charge in [0.1, 0.15) is 11.5 Å². The van der Waals surface area contributed by atoms with Crippen LogP contribution in [0.3, 0.4) is 0 Å². The molecule has 5 rings (SSSR count). The maximum absolute atomic E-state index is 14.0. The summed E-state index contributed by atoms with van der Waals surface area (Å²) in [7, 11) is 1.53. The van der Waals surface area contributed by atoms with E-state index in [0.29, 0.717) is 16.8 Å². The van der Waals surface area contributed by atoms with Gasteiger partial charge in [-0.25, -0.2) is 13.2 Å². The molecule has 0 radical (unpaired) electrons. The predicted molar refractivity (Wildman–Crippen MR) is 107 cm³/mol. The van der Waals surface area contributed by atoms with E-state index in [-0.39, 0.29) is 35.1 Å². The molecule has 31 heavy (non-hydrogen) atoms. The summed E-state index contributed by atoms with van der Waals surface area (Å²) in [4.78, 5) is 32.4. The van der Waals surface area contributed by atoms with E-state index in [1.807, 2.05) is 0 Å². The van der Waals surface area contributed by atoms with Crippen molar-refractivity contribution < 1.29 is 22.7 Å². The molecule has 0 spiro atoms. The second-order valence-electron chi connectivity index (χ2n) is 7.49. The molecule has 158 valence electrons. The van der Waals surface area contributed by atoms with Crippen molar-refractivity contribution >= 4 is 27.6 Å². The molecule has 4 aromatic rings. The smallest absolute Gasteiger partial charge is 0.270 e. The average molecular weight is 427 g/mol. The summed E-state index contributed by atoms with van der Waals surface area (Å²) in [5, 5.41) is 0.484. The van der Waals surface area contributed by atoms with E-state index in [0.717, 1.165) is 12.1 Å². The molecule has 1 atom stereocenters. The Morgan fingerprint density at radius 1 is 1.03 bits per heavy atom. The second kappa shape index (κ2) is 6.98. The Kier molecular flexibility index (Phi) is 4.37. The number of amides is 1. The fraction of sp³-hybridized carbons (Fsp3) is 0.182. The minimum absolute atomic E-state index is 0.0157. The summed E-state index contributed by atoms with van der Waals surface area (Å²) in [6.45, 7) is 0.152. The molecule has 1 aliphatic heterocycles. The number of likely N-dealkylation sites (N-methyl/N-ethyl adjacent to an activating group) is 1. The van der Waals surface area contributed by atoms with E-state index in [2.05, 4.69) is 9.97 Å². The van der Waals surface area contributed by atoms with Gasteiger partial charge in [-0.15, -0.1) is 0 Å². The van der Waals surface area contributed by atoms with Crippen LogP contribution in [-0.2, 0) is 11.3 Å². The first kappa shape index (κ1) is 19.4. The van der Waals surface area contributed by atoms with Crippen LogP contribution in [-0.4, -0.2) is 34.4 Å². The summed E-state index contributed by atoms with van der Waals surface area (Å²) in [5.41, 5.74) is 0.946. The van der Waals surface area contributed by atoms with Crippen LogP contribution in [0.5, 0.6) is 0 Å². The topological polar surface area (TPSA) is 78.2 Å². The second-order valence-corrected chi connectivity index (χ2v) is 7.49. The van der Waals surface area contributed by atoms with Gasteiger partial charge in [-0.1, -0.05) is 6.07 Å². The first-order valence-corrected chi connectivity index (χ1v) is 9.51. The quantitative estimate of drug-likeness (QED) is 0.511. The predicted octanol–water partition coefficient (Wildman–Crippen LogP) is 3.77. The molecule has 1 amide bonds. The maximum atomic E-state index is 14.0. The molecule has 9 heteroatoms. The average Bonchev–Trinajstić information content (AvgIpc) is 3.19. The molecule has 3 heterocycles. The van der Waals surface area contributed by atoms with Crippen LogP contribution in [0, 0.1) is 17.5 Å². The third kappa shape index (κ3) is 3.00. The van der Waals surface area contributed by atoms with Gasteiger partial charge in [-0.3, -0.25) is 9.59 Å². The summed E-state index contributed by atoms with van der Waals surface area (Å²) < 4.78 is 47.4. The van der Waals surface area contributed by atoms with E-state index < -0.39 is 35.0 Å². The van der Waals surface area contributed by atoms with Crippen LogP contribution >= 0.6 is 0 Å². The number of benzene rings is 2. The number of nitrogens with one attached hydrogen (secondary N) is 2. The van der Waals surface area contributed by atoms with Crippen LogP contribution in [0.4, 0.5) is 13.2 Å². The minimum Gasteiger partial charge on any atom is -0.373 e. The number of H-pyrrole nitrogens is 2. The van der Waals surface area contributed by atoms with Crippen molar-refractivity contribution in [2.75, 3.05) is 13.7 Å². The number of hydrogen-bond donors (Lipinski definition) is 2. The molecule has 0 saturated carbocycles. The number of nitrogens with zero attached hydrogens (tertiary/aromatic N) is 1. The third-order valence-electron chi connectivity index (χ3n) is 5.67. The van der Waals surface area contributed by atoms with Gasteiger partial charge >= 0.3 is 0 Å². The van der Waals surface area contributed by atoms with E-state index in [4.69, 9.17) is 4.74 Å². The molecular weight excluding hydrogens is 411 g/mol. The molecule has 0 bridgehead atoms. The number of rotatable bonds is 2. The molecule has 2 N–H and O–H groups in total. The molecule has 2 aromatic carbocycles. The Morgan fingerprint density at radius 3 is 2.52 bits per heavy atom. The minimum atomic E-state index is -1.13. The highest BCUT2D eigenvalue weighted by atomic mass is 19.2. The van der Waals surface area contributed by atoms with Gasteiger partial charge in [0.25, 0.3) is 11.5 Å². The van der Waals surface area contributed by atoms with Crippen molar-refractivity contribution in [1.82, 2.24) is 14.9 Å². The summed E-state index contributed by atoms with van der Waals surface area (Å²) >= 11 is 0. The molecule has 1 aliphatic rings. The Morgan fingerprint density at radius 2 is 1.77 bits per heavy atom. The number of carbonyl (C=O) groups is 1. The fourth-order valence-corrected chi connectivity index (χ4v) is 4.11. The normalized spacial score (nSPS) is 15.9. The lowest BCUT2D eigenvalue weighted by Crippen LogP contribution is -2.37. The number of pyridine rings is 1. The lowest BCUT2D eigenvalue weighted by atomic mass is 9.95. The third-order valence-corrected chi connectivity index (χ3v) is 5.67. The van der Waals surface area contributed by atoms with Gasteiger partial charge < -0.3 is 19.6 Å². The van der Waals surface area contributed by atoms with E-state index in [1.165, 1.54) is 30.1 Å². The maximum Gasteiger partial charge on any atom is 0.270 e. The number of ether oxygens (including phenoxy) is 1. The summed E-state index contributed by atoms with van der Waals surface area (Å²) in [5.74, 6) is -3.13. The molecule has 0 saturated heterocycles. The van der Waals surface area contributed by atoms with Crippen molar-refractivity contribution in [3.8, 4) is 0 Å². The zero-order valence-corrected chi connectivity index (χ0v) is 16.3. The number of hydrogen-bond acceptors (Lipinski definition) is 3. The van der Waals surface area contributed by atoms with Crippen molar-refractivity contribution in [1.29, 1.82) is 0 Å². The van der Waals surface area contributed by atoms with Crippen molar-refractivity contribution in [2.24, 2.45) is 0 Å². The number of aromatic nitrogens is 2. The van der Waals surface area contributed by atoms with E-state index in [9.17, 15) is 22.8 Å². The molecule has 0 unspecified atom stereocenters. The highest BCUT2D eigenvalue weighted by Gasteiger charge is 2.32. The Hall–Kier alpha value is -3.59. The largest absolute Gasteiger partial charge is 0.373 e. The molecule has 6 nitrogen and oxygen atoms in total. The highest BCUT2D eigenvalue weighted by Crippen LogP contribution is 2.34. The van der Waals surface area contributed by atoms with Gasteiger partial charge in [0.05, 0.1) is 24.6 Å². The standard InChI is InChI=1S/C22H16F3N3O3/c1-28(22(30)17-7-12-13(23)3-2-4-16(12)26-17)19-9-31-8-18-20(19)10-5-14(24)15(25)6-11(10)21(29)27-18/h2-7,19,26H,8-9H2,1H3,(H,27,29)/t19-/m0/s1. The SMILES string of the molecule is CN(C(=O)c1cc2c(F)cccc2[nH]1)[C@H]1COCc2[nH]c(=O)c3cc(F)c(F)cc3c21. The van der Waals surface area contributed by atoms with Crippen LogP contribution in [0.2, 0.25) is 0 Å². The van der Waals surface area contributed by atoms with Gasteiger partial charge in [-0.05, 0) is 35.7 Å².